The predicted octanol–water partition coefficient (Wildman–Crippen LogP) is 2.67. The summed E-state index contributed by atoms with van der Waals surface area (Å²) in [6.07, 6.45) is -3.11. The van der Waals surface area contributed by atoms with Gasteiger partial charge in [-0.3, -0.25) is 0 Å². The maximum Gasteiger partial charge on any atom is 0.407 e. The molecule has 1 aromatic rings. The zero-order chi connectivity index (χ0) is 10.8. The van der Waals surface area contributed by atoms with Crippen LogP contribution >= 0.6 is 15.9 Å². The number of nitrogens with zero attached hydrogens (tertiary/aromatic N) is 1. The maximum atomic E-state index is 12.4. The fourth-order valence-corrected chi connectivity index (χ4v) is 1.31. The van der Waals surface area contributed by atoms with Crippen LogP contribution in [0.1, 0.15) is 11.6 Å². The summed E-state index contributed by atoms with van der Waals surface area (Å²) in [6.45, 7) is 0. The third-order valence-electron chi connectivity index (χ3n) is 1.70. The fraction of sp³-hybridized carbons (Fsp3) is 0.375. The monoisotopic (exact) mass is 268 g/mol. The number of hydrogen-bond acceptors (Lipinski definition) is 2. The summed E-state index contributed by atoms with van der Waals surface area (Å²) in [7, 11) is 1.26. The number of pyridine rings is 1. The van der Waals surface area contributed by atoms with Gasteiger partial charge in [-0.2, -0.15) is 13.2 Å². The van der Waals surface area contributed by atoms with Crippen molar-refractivity contribution < 1.29 is 13.2 Å². The number of nitrogens with one attached hydrogen (secondary N) is 1. The molecule has 0 fully saturated rings. The first-order chi connectivity index (χ1) is 6.45. The molecule has 0 saturated carbocycles. The number of alkyl halides is 3. The van der Waals surface area contributed by atoms with Gasteiger partial charge in [0.15, 0.2) is 0 Å². The SMILES string of the molecule is CNC(c1ccc(Br)nc1)C(F)(F)F. The molecule has 0 aliphatic heterocycles. The number of aromatic nitrogens is 1. The van der Waals surface area contributed by atoms with Crippen molar-refractivity contribution in [1.29, 1.82) is 0 Å². The Bertz CT molecular complexity index is 296. The second kappa shape index (κ2) is 4.27. The van der Waals surface area contributed by atoms with E-state index in [2.05, 4.69) is 26.2 Å². The first-order valence-corrected chi connectivity index (χ1v) is 4.60. The summed E-state index contributed by atoms with van der Waals surface area (Å²) in [4.78, 5) is 3.74. The Morgan fingerprint density at radius 1 is 1.43 bits per heavy atom. The van der Waals surface area contributed by atoms with Gasteiger partial charge in [-0.15, -0.1) is 0 Å². The second-order valence-electron chi connectivity index (χ2n) is 2.68. The average Bonchev–Trinajstić information content (AvgIpc) is 2.07. The molecule has 0 amide bonds. The molecule has 78 valence electrons. The van der Waals surface area contributed by atoms with Crippen LogP contribution in [0.3, 0.4) is 0 Å². The third-order valence-corrected chi connectivity index (χ3v) is 2.17. The third kappa shape index (κ3) is 2.68. The topological polar surface area (TPSA) is 24.9 Å². The lowest BCUT2D eigenvalue weighted by Crippen LogP contribution is -2.31. The molecule has 0 aliphatic rings. The highest BCUT2D eigenvalue weighted by atomic mass is 79.9. The van der Waals surface area contributed by atoms with Crippen molar-refractivity contribution in [2.24, 2.45) is 0 Å². The van der Waals surface area contributed by atoms with E-state index in [0.29, 0.717) is 4.60 Å². The average molecular weight is 269 g/mol. The Kier molecular flexibility index (Phi) is 3.49. The molecule has 2 nitrogen and oxygen atoms in total. The molecule has 1 aromatic heterocycles. The summed E-state index contributed by atoms with van der Waals surface area (Å²) in [5, 5.41) is 2.20. The van der Waals surface area contributed by atoms with Crippen LogP contribution < -0.4 is 5.32 Å². The van der Waals surface area contributed by atoms with Crippen molar-refractivity contribution in [2.45, 2.75) is 12.2 Å². The van der Waals surface area contributed by atoms with Gasteiger partial charge >= 0.3 is 6.18 Å². The van der Waals surface area contributed by atoms with Crippen molar-refractivity contribution in [2.75, 3.05) is 7.05 Å². The fourth-order valence-electron chi connectivity index (χ4n) is 1.08. The van der Waals surface area contributed by atoms with E-state index in [0.717, 1.165) is 0 Å². The van der Waals surface area contributed by atoms with E-state index in [1.807, 2.05) is 0 Å². The second-order valence-corrected chi connectivity index (χ2v) is 3.49. The lowest BCUT2D eigenvalue weighted by molar-refractivity contribution is -0.156. The Morgan fingerprint density at radius 3 is 2.43 bits per heavy atom. The van der Waals surface area contributed by atoms with Crippen LogP contribution in [-0.4, -0.2) is 18.2 Å². The Morgan fingerprint density at radius 2 is 2.07 bits per heavy atom. The normalized spacial score (nSPS) is 14.1. The van der Waals surface area contributed by atoms with Gasteiger partial charge < -0.3 is 5.32 Å². The van der Waals surface area contributed by atoms with E-state index in [1.165, 1.54) is 25.4 Å². The molecule has 1 unspecified atom stereocenters. The van der Waals surface area contributed by atoms with Crippen molar-refractivity contribution in [1.82, 2.24) is 10.3 Å². The zero-order valence-corrected chi connectivity index (χ0v) is 8.85. The molecule has 0 aliphatic carbocycles. The van der Waals surface area contributed by atoms with E-state index in [1.54, 1.807) is 0 Å². The molecule has 0 spiro atoms. The molecule has 14 heavy (non-hydrogen) atoms. The van der Waals surface area contributed by atoms with E-state index in [9.17, 15) is 13.2 Å². The molecule has 1 atom stereocenters. The van der Waals surface area contributed by atoms with E-state index in [-0.39, 0.29) is 5.56 Å². The molecule has 1 rings (SSSR count). The zero-order valence-electron chi connectivity index (χ0n) is 7.27. The van der Waals surface area contributed by atoms with Crippen LogP contribution in [0.2, 0.25) is 0 Å². The van der Waals surface area contributed by atoms with Crippen molar-refractivity contribution in [3.05, 3.63) is 28.5 Å². The van der Waals surface area contributed by atoms with Crippen molar-refractivity contribution in [3.63, 3.8) is 0 Å². The minimum absolute atomic E-state index is 0.100. The molecule has 0 saturated heterocycles. The summed E-state index contributed by atoms with van der Waals surface area (Å²) in [5.41, 5.74) is 0.100. The number of halogens is 4. The van der Waals surface area contributed by atoms with Gasteiger partial charge in [0, 0.05) is 6.20 Å². The van der Waals surface area contributed by atoms with Crippen LogP contribution in [0.5, 0.6) is 0 Å². The molecule has 1 heterocycles. The molecule has 0 radical (unpaired) electrons. The first kappa shape index (κ1) is 11.5. The van der Waals surface area contributed by atoms with Crippen LogP contribution in [0, 0.1) is 0 Å². The van der Waals surface area contributed by atoms with Crippen LogP contribution in [-0.2, 0) is 0 Å². The van der Waals surface area contributed by atoms with E-state index >= 15 is 0 Å². The number of rotatable bonds is 2. The summed E-state index contributed by atoms with van der Waals surface area (Å²) in [5.74, 6) is 0. The van der Waals surface area contributed by atoms with Gasteiger partial charge in [-0.05, 0) is 34.6 Å². The van der Waals surface area contributed by atoms with E-state index < -0.39 is 12.2 Å². The van der Waals surface area contributed by atoms with Crippen molar-refractivity contribution >= 4 is 15.9 Å². The molecular formula is C8H8BrF3N2. The lowest BCUT2D eigenvalue weighted by Gasteiger charge is -2.19. The van der Waals surface area contributed by atoms with Gasteiger partial charge in [0.05, 0.1) is 0 Å². The van der Waals surface area contributed by atoms with Gasteiger partial charge in [0.1, 0.15) is 10.6 Å². The largest absolute Gasteiger partial charge is 0.407 e. The standard InChI is InChI=1S/C8H8BrF3N2/c1-13-7(8(10,11)12)5-2-3-6(9)14-4-5/h2-4,7,13H,1H3. The quantitative estimate of drug-likeness (QED) is 0.835. The highest BCUT2D eigenvalue weighted by Crippen LogP contribution is 2.31. The highest BCUT2D eigenvalue weighted by molar-refractivity contribution is 9.10. The van der Waals surface area contributed by atoms with E-state index in [4.69, 9.17) is 0 Å². The molecule has 0 bridgehead atoms. The minimum Gasteiger partial charge on any atom is -0.305 e. The van der Waals surface area contributed by atoms with Gasteiger partial charge in [-0.1, -0.05) is 6.07 Å². The van der Waals surface area contributed by atoms with Crippen molar-refractivity contribution in [3.8, 4) is 0 Å². The first-order valence-electron chi connectivity index (χ1n) is 3.80. The molecular weight excluding hydrogens is 261 g/mol. The number of hydrogen-bond donors (Lipinski definition) is 1. The lowest BCUT2D eigenvalue weighted by atomic mass is 10.1. The van der Waals surface area contributed by atoms with Crippen LogP contribution in [0.4, 0.5) is 13.2 Å². The van der Waals surface area contributed by atoms with Gasteiger partial charge in [-0.25, -0.2) is 4.98 Å². The molecule has 0 aromatic carbocycles. The van der Waals surface area contributed by atoms with Crippen LogP contribution in [0.25, 0.3) is 0 Å². The Labute approximate surface area is 87.7 Å². The summed E-state index contributed by atoms with van der Waals surface area (Å²) in [6, 6.07) is 1.19. The van der Waals surface area contributed by atoms with Gasteiger partial charge in [0.25, 0.3) is 0 Å². The Hall–Kier alpha value is -0.620. The smallest absolute Gasteiger partial charge is 0.305 e. The minimum atomic E-state index is -4.30. The Balaban J connectivity index is 2.96. The summed E-state index contributed by atoms with van der Waals surface area (Å²) < 4.78 is 37.7. The molecule has 1 N–H and O–H groups in total. The van der Waals surface area contributed by atoms with Gasteiger partial charge in [0.2, 0.25) is 0 Å². The summed E-state index contributed by atoms with van der Waals surface area (Å²) >= 11 is 3.05. The highest BCUT2D eigenvalue weighted by Gasteiger charge is 2.39. The predicted molar refractivity (Wildman–Crippen MR) is 49.8 cm³/mol. The maximum absolute atomic E-state index is 12.4. The molecule has 6 heteroatoms. The van der Waals surface area contributed by atoms with Crippen LogP contribution in [0.15, 0.2) is 22.9 Å².